The zero-order valence-corrected chi connectivity index (χ0v) is 17.8. The van der Waals surface area contributed by atoms with Gasteiger partial charge in [0.25, 0.3) is 5.56 Å². The highest BCUT2D eigenvalue weighted by atomic mass is 35.5. The summed E-state index contributed by atoms with van der Waals surface area (Å²) in [5.41, 5.74) is 4.30. The third-order valence-corrected chi connectivity index (χ3v) is 7.19. The fraction of sp³-hybridized carbons (Fsp3) is 0.250. The van der Waals surface area contributed by atoms with Crippen molar-refractivity contribution in [3.8, 4) is 11.4 Å². The summed E-state index contributed by atoms with van der Waals surface area (Å²) in [6.07, 6.45) is 4.36. The predicted molar refractivity (Wildman–Crippen MR) is 121 cm³/mol. The van der Waals surface area contributed by atoms with Gasteiger partial charge in [-0.05, 0) is 55.9 Å². The summed E-state index contributed by atoms with van der Waals surface area (Å²) in [5.74, 6) is 0.713. The Bertz CT molecular complexity index is 1290. The zero-order valence-electron chi connectivity index (χ0n) is 16.2. The van der Waals surface area contributed by atoms with E-state index >= 15 is 0 Å². The van der Waals surface area contributed by atoms with E-state index in [0.717, 1.165) is 46.2 Å². The minimum absolute atomic E-state index is 0.0471. The summed E-state index contributed by atoms with van der Waals surface area (Å²) in [4.78, 5) is 21.0. The molecule has 0 saturated carbocycles. The molecule has 0 spiro atoms. The predicted octanol–water partition coefficient (Wildman–Crippen LogP) is 6.01. The molecular weight excluding hydrogens is 400 g/mol. The highest BCUT2D eigenvalue weighted by Crippen LogP contribution is 2.35. The average molecular weight is 421 g/mol. The van der Waals surface area contributed by atoms with Crippen molar-refractivity contribution >= 4 is 33.2 Å². The summed E-state index contributed by atoms with van der Waals surface area (Å²) in [6, 6.07) is 15.9. The molecule has 1 aliphatic carbocycles. The summed E-state index contributed by atoms with van der Waals surface area (Å²) in [6.45, 7) is 2.47. The van der Waals surface area contributed by atoms with E-state index < -0.39 is 0 Å². The van der Waals surface area contributed by atoms with Crippen LogP contribution in [0.15, 0.2) is 53.3 Å². The number of hydrogen-bond acceptors (Lipinski definition) is 3. The molecular formula is C24H21ClN2OS. The van der Waals surface area contributed by atoms with Crippen LogP contribution in [0.4, 0.5) is 0 Å². The molecule has 5 heteroatoms. The third-order valence-electron chi connectivity index (χ3n) is 5.64. The van der Waals surface area contributed by atoms with Gasteiger partial charge in [-0.25, -0.2) is 4.98 Å². The molecule has 2 aromatic carbocycles. The maximum absolute atomic E-state index is 13.7. The molecule has 2 aromatic heterocycles. The lowest BCUT2D eigenvalue weighted by Gasteiger charge is -2.15. The number of benzene rings is 2. The van der Waals surface area contributed by atoms with Crippen LogP contribution in [0, 0.1) is 6.92 Å². The van der Waals surface area contributed by atoms with Crippen LogP contribution in [0.3, 0.4) is 0 Å². The van der Waals surface area contributed by atoms with Crippen molar-refractivity contribution in [2.45, 2.75) is 39.2 Å². The fourth-order valence-electron chi connectivity index (χ4n) is 4.19. The van der Waals surface area contributed by atoms with Crippen molar-refractivity contribution in [2.24, 2.45) is 0 Å². The van der Waals surface area contributed by atoms with Crippen molar-refractivity contribution in [3.05, 3.63) is 85.5 Å². The van der Waals surface area contributed by atoms with Gasteiger partial charge in [0.1, 0.15) is 10.7 Å². The first kappa shape index (κ1) is 18.6. The molecule has 0 saturated heterocycles. The Morgan fingerprint density at radius 2 is 1.93 bits per heavy atom. The Labute approximate surface area is 178 Å². The molecule has 4 aromatic rings. The Balaban J connectivity index is 1.79. The number of aryl methyl sites for hydroxylation is 3. The van der Waals surface area contributed by atoms with Gasteiger partial charge in [-0.2, -0.15) is 0 Å². The monoisotopic (exact) mass is 420 g/mol. The molecule has 0 N–H and O–H groups in total. The van der Waals surface area contributed by atoms with Crippen molar-refractivity contribution < 1.29 is 0 Å². The van der Waals surface area contributed by atoms with E-state index in [1.165, 1.54) is 16.9 Å². The van der Waals surface area contributed by atoms with Crippen molar-refractivity contribution in [2.75, 3.05) is 0 Å². The van der Waals surface area contributed by atoms with Gasteiger partial charge in [-0.15, -0.1) is 11.3 Å². The van der Waals surface area contributed by atoms with Gasteiger partial charge in [0, 0.05) is 15.5 Å². The van der Waals surface area contributed by atoms with E-state index in [9.17, 15) is 4.79 Å². The molecule has 1 aliphatic rings. The number of hydrogen-bond donors (Lipinski definition) is 0. The molecule has 0 fully saturated rings. The number of aromatic nitrogens is 2. The first-order valence-corrected chi connectivity index (χ1v) is 11.2. The van der Waals surface area contributed by atoms with E-state index in [1.807, 2.05) is 36.4 Å². The molecule has 2 heterocycles. The minimum Gasteiger partial charge on any atom is -0.287 e. The van der Waals surface area contributed by atoms with Crippen LogP contribution in [0.1, 0.15) is 34.4 Å². The summed E-state index contributed by atoms with van der Waals surface area (Å²) >= 11 is 8.12. The SMILES string of the molecule is Cc1cccc(-c2nc3sc4c(c3c(=O)n2Cc2ccccc2Cl)CCCC4)c1. The van der Waals surface area contributed by atoms with Gasteiger partial charge >= 0.3 is 0 Å². The largest absolute Gasteiger partial charge is 0.287 e. The standard InChI is InChI=1S/C24H21ClN2OS/c1-15-7-6-9-16(13-15)22-26-23-21(18-10-3-5-12-20(18)29-23)24(28)27(22)14-17-8-2-4-11-19(17)25/h2,4,6-9,11,13H,3,5,10,12,14H2,1H3. The maximum atomic E-state index is 13.7. The zero-order chi connectivity index (χ0) is 20.0. The minimum atomic E-state index is 0.0471. The molecule has 5 rings (SSSR count). The van der Waals surface area contributed by atoms with Crippen LogP contribution in [0.5, 0.6) is 0 Å². The van der Waals surface area contributed by atoms with E-state index in [4.69, 9.17) is 16.6 Å². The quantitative estimate of drug-likeness (QED) is 0.406. The highest BCUT2D eigenvalue weighted by Gasteiger charge is 2.23. The van der Waals surface area contributed by atoms with Crippen LogP contribution in [0.25, 0.3) is 21.6 Å². The molecule has 0 bridgehead atoms. The first-order chi connectivity index (χ1) is 14.1. The number of halogens is 1. The molecule has 0 unspecified atom stereocenters. The lowest BCUT2D eigenvalue weighted by atomic mass is 9.97. The summed E-state index contributed by atoms with van der Waals surface area (Å²) in [7, 11) is 0. The second-order valence-electron chi connectivity index (χ2n) is 7.68. The first-order valence-electron chi connectivity index (χ1n) is 9.97. The van der Waals surface area contributed by atoms with Crippen LogP contribution in [-0.4, -0.2) is 9.55 Å². The van der Waals surface area contributed by atoms with Crippen LogP contribution >= 0.6 is 22.9 Å². The Hall–Kier alpha value is -2.43. The molecule has 0 atom stereocenters. The van der Waals surface area contributed by atoms with Gasteiger partial charge in [-0.1, -0.05) is 53.6 Å². The molecule has 0 amide bonds. The Kier molecular flexibility index (Phi) is 4.76. The van der Waals surface area contributed by atoms with Gasteiger partial charge in [0.15, 0.2) is 0 Å². The van der Waals surface area contributed by atoms with Crippen LogP contribution in [-0.2, 0) is 19.4 Å². The Morgan fingerprint density at radius 3 is 2.76 bits per heavy atom. The van der Waals surface area contributed by atoms with Crippen LogP contribution < -0.4 is 5.56 Å². The van der Waals surface area contributed by atoms with Crippen molar-refractivity contribution in [1.82, 2.24) is 9.55 Å². The fourth-order valence-corrected chi connectivity index (χ4v) is 5.63. The van der Waals surface area contributed by atoms with E-state index in [-0.39, 0.29) is 5.56 Å². The van der Waals surface area contributed by atoms with Crippen molar-refractivity contribution in [3.63, 3.8) is 0 Å². The van der Waals surface area contributed by atoms with Crippen LogP contribution in [0.2, 0.25) is 5.02 Å². The number of nitrogens with zero attached hydrogens (tertiary/aromatic N) is 2. The van der Waals surface area contributed by atoms with Gasteiger partial charge < -0.3 is 0 Å². The van der Waals surface area contributed by atoms with Gasteiger partial charge in [0.2, 0.25) is 0 Å². The highest BCUT2D eigenvalue weighted by molar-refractivity contribution is 7.18. The van der Waals surface area contributed by atoms with E-state index in [2.05, 4.69) is 19.1 Å². The number of rotatable bonds is 3. The van der Waals surface area contributed by atoms with Gasteiger partial charge in [0.05, 0.1) is 11.9 Å². The normalized spacial score (nSPS) is 13.6. The van der Waals surface area contributed by atoms with Gasteiger partial charge in [-0.3, -0.25) is 9.36 Å². The number of thiophene rings is 1. The number of fused-ring (bicyclic) bond motifs is 3. The second-order valence-corrected chi connectivity index (χ2v) is 9.17. The molecule has 146 valence electrons. The Morgan fingerprint density at radius 1 is 1.10 bits per heavy atom. The molecule has 0 radical (unpaired) electrons. The summed E-state index contributed by atoms with van der Waals surface area (Å²) in [5, 5.41) is 1.48. The van der Waals surface area contributed by atoms with E-state index in [0.29, 0.717) is 17.4 Å². The summed E-state index contributed by atoms with van der Waals surface area (Å²) < 4.78 is 1.81. The van der Waals surface area contributed by atoms with E-state index in [1.54, 1.807) is 15.9 Å². The molecule has 29 heavy (non-hydrogen) atoms. The lowest BCUT2D eigenvalue weighted by Crippen LogP contribution is -2.24. The maximum Gasteiger partial charge on any atom is 0.263 e. The average Bonchev–Trinajstić information content (AvgIpc) is 3.10. The molecule has 0 aliphatic heterocycles. The van der Waals surface area contributed by atoms with Crippen molar-refractivity contribution in [1.29, 1.82) is 0 Å². The topological polar surface area (TPSA) is 34.9 Å². The second kappa shape index (κ2) is 7.43. The third kappa shape index (κ3) is 3.30. The lowest BCUT2D eigenvalue weighted by molar-refractivity contribution is 0.698. The molecule has 3 nitrogen and oxygen atoms in total. The smallest absolute Gasteiger partial charge is 0.263 e.